The van der Waals surface area contributed by atoms with Crippen molar-refractivity contribution in [3.8, 4) is 0 Å². The molecule has 1 amide bonds. The molecule has 3 rings (SSSR count). The third-order valence-electron chi connectivity index (χ3n) is 3.43. The van der Waals surface area contributed by atoms with E-state index >= 15 is 0 Å². The summed E-state index contributed by atoms with van der Waals surface area (Å²) in [6.45, 7) is 0.599. The number of rotatable bonds is 1. The van der Waals surface area contributed by atoms with E-state index in [2.05, 4.69) is 5.32 Å². The van der Waals surface area contributed by atoms with Crippen molar-refractivity contribution in [3.63, 3.8) is 0 Å². The second-order valence-corrected chi connectivity index (χ2v) is 4.43. The molecule has 0 bridgehead atoms. The molecule has 0 saturated heterocycles. The molecule has 5 nitrogen and oxygen atoms in total. The van der Waals surface area contributed by atoms with Crippen LogP contribution in [0.25, 0.3) is 10.9 Å². The Balaban J connectivity index is 2.36. The number of amides is 1. The van der Waals surface area contributed by atoms with Gasteiger partial charge in [-0.25, -0.2) is 4.79 Å². The summed E-state index contributed by atoms with van der Waals surface area (Å²) < 4.78 is 1.82. The maximum atomic E-state index is 11.8. The molecular weight excluding hydrogens is 232 g/mol. The number of carbonyl (C=O) groups excluding carboxylic acids is 1. The highest BCUT2D eigenvalue weighted by molar-refractivity contribution is 6.04. The van der Waals surface area contributed by atoms with E-state index in [-0.39, 0.29) is 11.5 Å². The highest BCUT2D eigenvalue weighted by atomic mass is 16.4. The van der Waals surface area contributed by atoms with Crippen molar-refractivity contribution >= 4 is 22.8 Å². The number of carboxylic acid groups (broad SMARTS) is 1. The average molecular weight is 244 g/mol. The van der Waals surface area contributed by atoms with Crippen LogP contribution in [0.15, 0.2) is 18.2 Å². The molecule has 0 unspecified atom stereocenters. The highest BCUT2D eigenvalue weighted by Crippen LogP contribution is 2.28. The zero-order chi connectivity index (χ0) is 12.9. The van der Waals surface area contributed by atoms with Crippen molar-refractivity contribution in [2.75, 3.05) is 6.54 Å². The van der Waals surface area contributed by atoms with Crippen LogP contribution in [0.5, 0.6) is 0 Å². The minimum Gasteiger partial charge on any atom is -0.478 e. The van der Waals surface area contributed by atoms with Gasteiger partial charge in [0.05, 0.1) is 5.56 Å². The predicted octanol–water partition coefficient (Wildman–Crippen LogP) is 1.16. The molecule has 0 radical (unpaired) electrons. The molecule has 18 heavy (non-hydrogen) atoms. The van der Waals surface area contributed by atoms with Gasteiger partial charge in [0.15, 0.2) is 0 Å². The van der Waals surface area contributed by atoms with E-state index in [4.69, 9.17) is 5.11 Å². The maximum absolute atomic E-state index is 11.8. The summed E-state index contributed by atoms with van der Waals surface area (Å²) in [5.41, 5.74) is 2.72. The van der Waals surface area contributed by atoms with Crippen LogP contribution in [-0.4, -0.2) is 28.1 Å². The van der Waals surface area contributed by atoms with Gasteiger partial charge < -0.3 is 15.0 Å². The average Bonchev–Trinajstić information content (AvgIpc) is 2.64. The van der Waals surface area contributed by atoms with Gasteiger partial charge in [-0.05, 0) is 30.2 Å². The fourth-order valence-corrected chi connectivity index (χ4v) is 2.58. The van der Waals surface area contributed by atoms with Gasteiger partial charge in [0.2, 0.25) is 0 Å². The van der Waals surface area contributed by atoms with E-state index in [0.717, 1.165) is 22.9 Å². The van der Waals surface area contributed by atoms with Gasteiger partial charge in [-0.15, -0.1) is 0 Å². The Hall–Kier alpha value is -2.30. The quantitative estimate of drug-likeness (QED) is 0.790. The second-order valence-electron chi connectivity index (χ2n) is 4.43. The molecule has 2 heterocycles. The molecule has 1 aliphatic heterocycles. The minimum absolute atomic E-state index is 0.0909. The SMILES string of the molecule is Cn1c2c(c3cc(C(=O)O)ccc31)CCNC2=O. The normalized spacial score (nSPS) is 14.4. The number of aromatic nitrogens is 1. The fourth-order valence-electron chi connectivity index (χ4n) is 2.58. The molecule has 0 fully saturated rings. The van der Waals surface area contributed by atoms with E-state index in [0.29, 0.717) is 12.2 Å². The lowest BCUT2D eigenvalue weighted by atomic mass is 10.0. The van der Waals surface area contributed by atoms with Crippen molar-refractivity contribution < 1.29 is 14.7 Å². The summed E-state index contributed by atoms with van der Waals surface area (Å²) >= 11 is 0. The Morgan fingerprint density at radius 1 is 1.44 bits per heavy atom. The molecule has 5 heteroatoms. The zero-order valence-electron chi connectivity index (χ0n) is 9.86. The van der Waals surface area contributed by atoms with Crippen molar-refractivity contribution in [2.24, 2.45) is 7.05 Å². The number of aryl methyl sites for hydroxylation is 1. The zero-order valence-corrected chi connectivity index (χ0v) is 9.86. The minimum atomic E-state index is -0.949. The summed E-state index contributed by atoms with van der Waals surface area (Å²) in [4.78, 5) is 22.8. The number of carboxylic acids is 1. The summed E-state index contributed by atoms with van der Waals surface area (Å²) in [6, 6.07) is 4.97. The van der Waals surface area contributed by atoms with Crippen LogP contribution < -0.4 is 5.32 Å². The maximum Gasteiger partial charge on any atom is 0.335 e. The summed E-state index contributed by atoms with van der Waals surface area (Å²) in [5.74, 6) is -1.04. The number of aromatic carboxylic acids is 1. The Morgan fingerprint density at radius 3 is 2.94 bits per heavy atom. The Labute approximate surface area is 103 Å². The number of fused-ring (bicyclic) bond motifs is 3. The molecule has 92 valence electrons. The molecule has 1 aliphatic rings. The standard InChI is InChI=1S/C13H12N2O3/c1-15-10-3-2-7(13(17)18)6-9(10)8-4-5-14-12(16)11(8)15/h2-3,6H,4-5H2,1H3,(H,14,16)(H,17,18). The fraction of sp³-hybridized carbons (Fsp3) is 0.231. The topological polar surface area (TPSA) is 71.3 Å². The highest BCUT2D eigenvalue weighted by Gasteiger charge is 2.24. The molecular formula is C13H12N2O3. The summed E-state index contributed by atoms with van der Waals surface area (Å²) in [6.07, 6.45) is 0.738. The number of hydrogen-bond acceptors (Lipinski definition) is 2. The van der Waals surface area contributed by atoms with Gasteiger partial charge >= 0.3 is 5.97 Å². The lowest BCUT2D eigenvalue weighted by Gasteiger charge is -2.14. The van der Waals surface area contributed by atoms with Crippen LogP contribution in [0.2, 0.25) is 0 Å². The second kappa shape index (κ2) is 3.60. The molecule has 0 saturated carbocycles. The van der Waals surface area contributed by atoms with E-state index in [1.54, 1.807) is 18.2 Å². The van der Waals surface area contributed by atoms with Crippen LogP contribution in [0.1, 0.15) is 26.4 Å². The number of hydrogen-bond donors (Lipinski definition) is 2. The van der Waals surface area contributed by atoms with E-state index in [1.807, 2.05) is 11.6 Å². The molecule has 2 N–H and O–H groups in total. The van der Waals surface area contributed by atoms with Crippen molar-refractivity contribution in [3.05, 3.63) is 35.0 Å². The van der Waals surface area contributed by atoms with Crippen molar-refractivity contribution in [1.29, 1.82) is 0 Å². The largest absolute Gasteiger partial charge is 0.478 e. The lowest BCUT2D eigenvalue weighted by molar-refractivity contribution is 0.0696. The number of carbonyl (C=O) groups is 2. The van der Waals surface area contributed by atoms with Gasteiger partial charge in [0.25, 0.3) is 5.91 Å². The van der Waals surface area contributed by atoms with Gasteiger partial charge in [-0.3, -0.25) is 4.79 Å². The Kier molecular flexibility index (Phi) is 2.16. The predicted molar refractivity (Wildman–Crippen MR) is 65.9 cm³/mol. The third kappa shape index (κ3) is 1.33. The Morgan fingerprint density at radius 2 is 2.22 bits per heavy atom. The molecule has 0 aliphatic carbocycles. The summed E-state index contributed by atoms with van der Waals surface area (Å²) in [5, 5.41) is 12.7. The Bertz CT molecular complexity index is 685. The van der Waals surface area contributed by atoms with Gasteiger partial charge in [-0.1, -0.05) is 0 Å². The van der Waals surface area contributed by atoms with E-state index in [9.17, 15) is 9.59 Å². The first-order chi connectivity index (χ1) is 8.59. The summed E-state index contributed by atoms with van der Waals surface area (Å²) in [7, 11) is 1.83. The smallest absolute Gasteiger partial charge is 0.335 e. The van der Waals surface area contributed by atoms with E-state index < -0.39 is 5.97 Å². The first-order valence-corrected chi connectivity index (χ1v) is 5.72. The molecule has 2 aromatic rings. The van der Waals surface area contributed by atoms with Crippen LogP contribution in [0.3, 0.4) is 0 Å². The monoisotopic (exact) mass is 244 g/mol. The van der Waals surface area contributed by atoms with Crippen molar-refractivity contribution in [1.82, 2.24) is 9.88 Å². The first kappa shape index (κ1) is 10.8. The van der Waals surface area contributed by atoms with Crippen LogP contribution in [0, 0.1) is 0 Å². The lowest BCUT2D eigenvalue weighted by Crippen LogP contribution is -2.32. The van der Waals surface area contributed by atoms with Crippen molar-refractivity contribution in [2.45, 2.75) is 6.42 Å². The molecule has 1 aromatic carbocycles. The van der Waals surface area contributed by atoms with Crippen LogP contribution in [0.4, 0.5) is 0 Å². The number of benzene rings is 1. The molecule has 0 spiro atoms. The molecule has 0 atom stereocenters. The molecule has 1 aromatic heterocycles. The number of nitrogens with one attached hydrogen (secondary N) is 1. The van der Waals surface area contributed by atoms with Crippen LogP contribution >= 0.6 is 0 Å². The van der Waals surface area contributed by atoms with Gasteiger partial charge in [-0.2, -0.15) is 0 Å². The number of nitrogens with zero attached hydrogens (tertiary/aromatic N) is 1. The first-order valence-electron chi connectivity index (χ1n) is 5.72. The van der Waals surface area contributed by atoms with Gasteiger partial charge in [0.1, 0.15) is 5.69 Å². The van der Waals surface area contributed by atoms with E-state index in [1.165, 1.54) is 0 Å². The van der Waals surface area contributed by atoms with Gasteiger partial charge in [0, 0.05) is 24.5 Å². The van der Waals surface area contributed by atoms with Crippen LogP contribution in [-0.2, 0) is 13.5 Å². The third-order valence-corrected chi connectivity index (χ3v) is 3.43.